The van der Waals surface area contributed by atoms with E-state index in [1.807, 2.05) is 31.2 Å². The fraction of sp³-hybridized carbons (Fsp3) is 0.435. The van der Waals surface area contributed by atoms with Gasteiger partial charge in [0.25, 0.3) is 0 Å². The second kappa shape index (κ2) is 10.9. The molecule has 150 valence electrons. The molecule has 1 fully saturated rings. The largest absolute Gasteiger partial charge is 0.351 e. The number of amides is 1. The Hall–Kier alpha value is -1.49. The van der Waals surface area contributed by atoms with Crippen molar-refractivity contribution in [3.8, 4) is 0 Å². The Balaban J connectivity index is 1.47. The Morgan fingerprint density at radius 1 is 1.04 bits per heavy atom. The molecule has 5 heteroatoms. The highest BCUT2D eigenvalue weighted by molar-refractivity contribution is 8.00. The number of nitrogens with one attached hydrogen (secondary N) is 1. The van der Waals surface area contributed by atoms with Gasteiger partial charge in [-0.15, -0.1) is 11.8 Å². The Bertz CT molecular complexity index is 742. The molecule has 0 aromatic heterocycles. The molecule has 1 saturated heterocycles. The number of benzene rings is 2. The molecule has 0 aliphatic carbocycles. The SMILES string of the molecule is CC[C@H](Sc1ccc(Cl)cc1)C(=O)NCc1ccc(CN2CCCCC2)cc1. The number of rotatable bonds is 8. The minimum absolute atomic E-state index is 0.0832. The van der Waals surface area contributed by atoms with Crippen LogP contribution in [0.5, 0.6) is 0 Å². The molecule has 28 heavy (non-hydrogen) atoms. The van der Waals surface area contributed by atoms with Gasteiger partial charge in [0.15, 0.2) is 0 Å². The molecule has 1 aliphatic heterocycles. The third kappa shape index (κ3) is 6.54. The lowest BCUT2D eigenvalue weighted by atomic mass is 10.1. The van der Waals surface area contributed by atoms with Crippen molar-refractivity contribution in [1.82, 2.24) is 10.2 Å². The molecular weight excluding hydrogens is 388 g/mol. The van der Waals surface area contributed by atoms with Crippen LogP contribution in [0.4, 0.5) is 0 Å². The first-order chi connectivity index (χ1) is 13.6. The predicted octanol–water partition coefficient (Wildman–Crippen LogP) is 5.51. The zero-order chi connectivity index (χ0) is 19.8. The summed E-state index contributed by atoms with van der Waals surface area (Å²) in [6.45, 7) is 6.06. The van der Waals surface area contributed by atoms with E-state index in [0.29, 0.717) is 11.6 Å². The lowest BCUT2D eigenvalue weighted by molar-refractivity contribution is -0.120. The summed E-state index contributed by atoms with van der Waals surface area (Å²) in [5, 5.41) is 3.70. The van der Waals surface area contributed by atoms with E-state index in [4.69, 9.17) is 11.6 Å². The molecule has 3 nitrogen and oxygen atoms in total. The van der Waals surface area contributed by atoms with Gasteiger partial charge in [-0.3, -0.25) is 9.69 Å². The Kier molecular flexibility index (Phi) is 8.26. The summed E-state index contributed by atoms with van der Waals surface area (Å²) in [6, 6.07) is 16.3. The van der Waals surface area contributed by atoms with Gasteiger partial charge in [0, 0.05) is 23.0 Å². The van der Waals surface area contributed by atoms with Crippen LogP contribution >= 0.6 is 23.4 Å². The number of thioether (sulfide) groups is 1. The highest BCUT2D eigenvalue weighted by Crippen LogP contribution is 2.26. The number of likely N-dealkylation sites (tertiary alicyclic amines) is 1. The van der Waals surface area contributed by atoms with E-state index in [2.05, 4.69) is 34.5 Å². The van der Waals surface area contributed by atoms with E-state index in [1.165, 1.54) is 37.9 Å². The van der Waals surface area contributed by atoms with Crippen LogP contribution in [-0.2, 0) is 17.9 Å². The van der Waals surface area contributed by atoms with Gasteiger partial charge < -0.3 is 5.32 Å². The molecular formula is C23H29ClN2OS. The summed E-state index contributed by atoms with van der Waals surface area (Å²) < 4.78 is 0. The lowest BCUT2D eigenvalue weighted by Crippen LogP contribution is -2.31. The molecule has 3 rings (SSSR count). The average molecular weight is 417 g/mol. The van der Waals surface area contributed by atoms with Crippen molar-refractivity contribution in [3.05, 3.63) is 64.7 Å². The van der Waals surface area contributed by atoms with Gasteiger partial charge in [0.1, 0.15) is 0 Å². The molecule has 1 aliphatic rings. The first-order valence-corrected chi connectivity index (χ1v) is 11.4. The third-order valence-corrected chi connectivity index (χ3v) is 6.73. The van der Waals surface area contributed by atoms with Crippen molar-refractivity contribution in [2.75, 3.05) is 13.1 Å². The first kappa shape index (κ1) is 21.2. The summed E-state index contributed by atoms with van der Waals surface area (Å²) in [5.74, 6) is 0.0832. The third-order valence-electron chi connectivity index (χ3n) is 5.10. The minimum Gasteiger partial charge on any atom is -0.351 e. The van der Waals surface area contributed by atoms with Gasteiger partial charge in [-0.25, -0.2) is 0 Å². The normalized spacial score (nSPS) is 15.9. The Labute approximate surface area is 177 Å². The van der Waals surface area contributed by atoms with E-state index < -0.39 is 0 Å². The molecule has 0 bridgehead atoms. The van der Waals surface area contributed by atoms with E-state index in [0.717, 1.165) is 23.4 Å². The van der Waals surface area contributed by atoms with Crippen LogP contribution in [0.1, 0.15) is 43.7 Å². The number of halogens is 1. The molecule has 0 radical (unpaired) electrons. The van der Waals surface area contributed by atoms with E-state index in [1.54, 1.807) is 11.8 Å². The van der Waals surface area contributed by atoms with Crippen LogP contribution in [0.25, 0.3) is 0 Å². The standard InChI is InChI=1S/C23H29ClN2OS/c1-2-22(28-21-12-10-20(24)11-13-21)23(27)25-16-18-6-8-19(9-7-18)17-26-14-4-3-5-15-26/h6-13,22H,2-5,14-17H2,1H3,(H,25,27)/t22-/m0/s1. The van der Waals surface area contributed by atoms with Crippen molar-refractivity contribution < 1.29 is 4.79 Å². The predicted molar refractivity (Wildman–Crippen MR) is 119 cm³/mol. The van der Waals surface area contributed by atoms with Gasteiger partial charge in [0.05, 0.1) is 5.25 Å². The molecule has 0 spiro atoms. The summed E-state index contributed by atoms with van der Waals surface area (Å²) >= 11 is 7.52. The summed E-state index contributed by atoms with van der Waals surface area (Å²) in [7, 11) is 0. The maximum atomic E-state index is 12.6. The molecule has 1 N–H and O–H groups in total. The first-order valence-electron chi connectivity index (χ1n) is 10.1. The minimum atomic E-state index is -0.0976. The zero-order valence-electron chi connectivity index (χ0n) is 16.5. The van der Waals surface area contributed by atoms with Crippen LogP contribution in [0.3, 0.4) is 0 Å². The summed E-state index contributed by atoms with van der Waals surface area (Å²) in [4.78, 5) is 16.2. The quantitative estimate of drug-likeness (QED) is 0.575. The zero-order valence-corrected chi connectivity index (χ0v) is 18.1. The molecule has 1 amide bonds. The monoisotopic (exact) mass is 416 g/mol. The van der Waals surface area contributed by atoms with Crippen LogP contribution in [0.15, 0.2) is 53.4 Å². The highest BCUT2D eigenvalue weighted by atomic mass is 35.5. The fourth-order valence-electron chi connectivity index (χ4n) is 3.44. The topological polar surface area (TPSA) is 32.3 Å². The van der Waals surface area contributed by atoms with Crippen LogP contribution < -0.4 is 5.32 Å². The molecule has 1 heterocycles. The molecule has 2 aromatic carbocycles. The van der Waals surface area contributed by atoms with E-state index in [9.17, 15) is 4.79 Å². The molecule has 1 atom stereocenters. The highest BCUT2D eigenvalue weighted by Gasteiger charge is 2.17. The van der Waals surface area contributed by atoms with Gasteiger partial charge in [-0.1, -0.05) is 49.2 Å². The maximum absolute atomic E-state index is 12.6. The second-order valence-corrected chi connectivity index (χ2v) is 9.05. The number of piperidine rings is 1. The number of hydrogen-bond acceptors (Lipinski definition) is 3. The Morgan fingerprint density at radius 3 is 2.32 bits per heavy atom. The smallest absolute Gasteiger partial charge is 0.233 e. The van der Waals surface area contributed by atoms with Crippen LogP contribution in [-0.4, -0.2) is 29.1 Å². The summed E-state index contributed by atoms with van der Waals surface area (Å²) in [5.41, 5.74) is 2.49. The van der Waals surface area contributed by atoms with Gasteiger partial charge in [-0.05, 0) is 67.7 Å². The van der Waals surface area contributed by atoms with Crippen LogP contribution in [0.2, 0.25) is 5.02 Å². The van der Waals surface area contributed by atoms with Gasteiger partial charge in [0.2, 0.25) is 5.91 Å². The maximum Gasteiger partial charge on any atom is 0.233 e. The second-order valence-electron chi connectivity index (χ2n) is 7.34. The van der Waals surface area contributed by atoms with Gasteiger partial charge >= 0.3 is 0 Å². The summed E-state index contributed by atoms with van der Waals surface area (Å²) in [6.07, 6.45) is 4.78. The number of carbonyl (C=O) groups excluding carboxylic acids is 1. The fourth-order valence-corrected chi connectivity index (χ4v) is 4.55. The van der Waals surface area contributed by atoms with Crippen molar-refractivity contribution in [3.63, 3.8) is 0 Å². The van der Waals surface area contributed by atoms with E-state index >= 15 is 0 Å². The van der Waals surface area contributed by atoms with E-state index in [-0.39, 0.29) is 11.2 Å². The number of hydrogen-bond donors (Lipinski definition) is 1. The molecule has 2 aromatic rings. The van der Waals surface area contributed by atoms with Gasteiger partial charge in [-0.2, -0.15) is 0 Å². The average Bonchev–Trinajstić information content (AvgIpc) is 2.73. The van der Waals surface area contributed by atoms with Crippen molar-refractivity contribution in [2.45, 2.75) is 55.8 Å². The number of nitrogens with zero attached hydrogens (tertiary/aromatic N) is 1. The molecule has 0 saturated carbocycles. The number of carbonyl (C=O) groups is 1. The van der Waals surface area contributed by atoms with Crippen molar-refractivity contribution >= 4 is 29.3 Å². The van der Waals surface area contributed by atoms with Crippen molar-refractivity contribution in [2.24, 2.45) is 0 Å². The van der Waals surface area contributed by atoms with Crippen molar-refractivity contribution in [1.29, 1.82) is 0 Å². The lowest BCUT2D eigenvalue weighted by Gasteiger charge is -2.26. The van der Waals surface area contributed by atoms with Crippen LogP contribution in [0, 0.1) is 0 Å². The Morgan fingerprint density at radius 2 is 1.68 bits per heavy atom. The molecule has 0 unspecified atom stereocenters.